The van der Waals surface area contributed by atoms with Crippen LogP contribution in [0, 0.1) is 5.82 Å². The van der Waals surface area contributed by atoms with Gasteiger partial charge in [0.2, 0.25) is 0 Å². The molecule has 1 heterocycles. The molecule has 0 saturated heterocycles. The van der Waals surface area contributed by atoms with Crippen LogP contribution in [0.15, 0.2) is 59.5 Å². The molecule has 0 saturated carbocycles. The van der Waals surface area contributed by atoms with Crippen molar-refractivity contribution < 1.29 is 9.13 Å². The molecule has 0 bridgehead atoms. The van der Waals surface area contributed by atoms with Gasteiger partial charge in [0, 0.05) is 18.4 Å². The van der Waals surface area contributed by atoms with Gasteiger partial charge in [0.05, 0.1) is 12.0 Å². The predicted molar refractivity (Wildman–Crippen MR) is 89.1 cm³/mol. The second-order valence-corrected chi connectivity index (χ2v) is 5.32. The Kier molecular flexibility index (Phi) is 4.28. The van der Waals surface area contributed by atoms with E-state index in [4.69, 9.17) is 10.5 Å². The Labute approximate surface area is 132 Å². The summed E-state index contributed by atoms with van der Waals surface area (Å²) in [5, 5.41) is 1.14. The number of nitrogens with zero attached hydrogens (tertiary/aromatic N) is 1. The Bertz CT molecular complexity index is 872. The van der Waals surface area contributed by atoms with Crippen molar-refractivity contribution in [2.24, 2.45) is 0 Å². The van der Waals surface area contributed by atoms with E-state index in [9.17, 15) is 9.18 Å². The lowest BCUT2D eigenvalue weighted by atomic mass is 10.1. The third kappa shape index (κ3) is 3.51. The van der Waals surface area contributed by atoms with Gasteiger partial charge in [0.1, 0.15) is 11.6 Å². The monoisotopic (exact) mass is 312 g/mol. The fourth-order valence-electron chi connectivity index (χ4n) is 2.42. The maximum absolute atomic E-state index is 13.3. The van der Waals surface area contributed by atoms with Gasteiger partial charge in [-0.3, -0.25) is 4.79 Å². The Morgan fingerprint density at radius 1 is 1.09 bits per heavy atom. The van der Waals surface area contributed by atoms with Crippen LogP contribution < -0.4 is 16.0 Å². The molecular formula is C18H17FN2O2. The highest BCUT2D eigenvalue weighted by Gasteiger charge is 2.04. The summed E-state index contributed by atoms with van der Waals surface area (Å²) in [5.41, 5.74) is 6.11. The summed E-state index contributed by atoms with van der Waals surface area (Å²) in [4.78, 5) is 12.3. The average Bonchev–Trinajstić information content (AvgIpc) is 2.55. The van der Waals surface area contributed by atoms with Crippen LogP contribution in [-0.2, 0) is 6.54 Å². The number of halogens is 1. The highest BCUT2D eigenvalue weighted by Crippen LogP contribution is 2.14. The quantitative estimate of drug-likeness (QED) is 0.581. The topological polar surface area (TPSA) is 57.2 Å². The highest BCUT2D eigenvalue weighted by atomic mass is 19.1. The maximum Gasteiger partial charge on any atom is 0.258 e. The van der Waals surface area contributed by atoms with Crippen molar-refractivity contribution in [1.29, 1.82) is 0 Å². The lowest BCUT2D eigenvalue weighted by Gasteiger charge is -2.09. The van der Waals surface area contributed by atoms with E-state index >= 15 is 0 Å². The normalized spacial score (nSPS) is 10.8. The number of anilines is 1. The van der Waals surface area contributed by atoms with Crippen molar-refractivity contribution >= 4 is 16.5 Å². The standard InChI is InChI=1S/C18H17FN2O2/c19-14-3-2-13-8-10-21(18(22)17(13)12-14)9-1-11-23-16-6-4-15(20)5-7-16/h2-8,10,12H,1,9,11,20H2. The zero-order chi connectivity index (χ0) is 16.2. The molecule has 0 unspecified atom stereocenters. The van der Waals surface area contributed by atoms with Gasteiger partial charge in [-0.2, -0.15) is 0 Å². The predicted octanol–water partition coefficient (Wildman–Crippen LogP) is 3.19. The van der Waals surface area contributed by atoms with E-state index in [1.54, 1.807) is 41.1 Å². The van der Waals surface area contributed by atoms with Crippen molar-refractivity contribution in [2.45, 2.75) is 13.0 Å². The molecule has 0 aliphatic heterocycles. The summed E-state index contributed by atoms with van der Waals surface area (Å²) < 4.78 is 20.5. The smallest absolute Gasteiger partial charge is 0.258 e. The molecule has 2 aromatic carbocycles. The molecule has 0 fully saturated rings. The summed E-state index contributed by atoms with van der Waals surface area (Å²) in [5.74, 6) is 0.339. The van der Waals surface area contributed by atoms with Gasteiger partial charge < -0.3 is 15.0 Å². The third-order valence-corrected chi connectivity index (χ3v) is 3.63. The lowest BCUT2D eigenvalue weighted by Crippen LogP contribution is -2.20. The number of fused-ring (bicyclic) bond motifs is 1. The van der Waals surface area contributed by atoms with Crippen LogP contribution >= 0.6 is 0 Å². The van der Waals surface area contributed by atoms with Crippen molar-refractivity contribution in [3.63, 3.8) is 0 Å². The number of hydrogen-bond donors (Lipinski definition) is 1. The van der Waals surface area contributed by atoms with Gasteiger partial charge in [0.15, 0.2) is 0 Å². The van der Waals surface area contributed by atoms with E-state index in [1.807, 2.05) is 6.07 Å². The van der Waals surface area contributed by atoms with Gasteiger partial charge in [-0.15, -0.1) is 0 Å². The molecule has 3 rings (SSSR count). The molecule has 5 heteroatoms. The van der Waals surface area contributed by atoms with Gasteiger partial charge in [-0.05, 0) is 54.3 Å². The molecule has 0 atom stereocenters. The zero-order valence-electron chi connectivity index (χ0n) is 12.5. The summed E-state index contributed by atoms with van der Waals surface area (Å²) in [6.07, 6.45) is 2.40. The molecule has 0 spiro atoms. The fourth-order valence-corrected chi connectivity index (χ4v) is 2.42. The third-order valence-electron chi connectivity index (χ3n) is 3.63. The minimum Gasteiger partial charge on any atom is -0.494 e. The molecule has 23 heavy (non-hydrogen) atoms. The van der Waals surface area contributed by atoms with Crippen LogP contribution in [0.5, 0.6) is 5.75 Å². The maximum atomic E-state index is 13.3. The number of ether oxygens (including phenoxy) is 1. The van der Waals surface area contributed by atoms with Gasteiger partial charge in [-0.1, -0.05) is 6.07 Å². The van der Waals surface area contributed by atoms with E-state index in [0.717, 1.165) is 11.1 Å². The summed E-state index contributed by atoms with van der Waals surface area (Å²) >= 11 is 0. The summed E-state index contributed by atoms with van der Waals surface area (Å²) in [7, 11) is 0. The number of hydrogen-bond acceptors (Lipinski definition) is 3. The second kappa shape index (κ2) is 6.52. The van der Waals surface area contributed by atoms with E-state index < -0.39 is 5.82 Å². The van der Waals surface area contributed by atoms with Crippen LogP contribution in [-0.4, -0.2) is 11.2 Å². The van der Waals surface area contributed by atoms with Crippen molar-refractivity contribution in [2.75, 3.05) is 12.3 Å². The van der Waals surface area contributed by atoms with E-state index in [1.165, 1.54) is 12.1 Å². The first kappa shape index (κ1) is 15.1. The second-order valence-electron chi connectivity index (χ2n) is 5.32. The first-order valence-corrected chi connectivity index (χ1v) is 7.40. The number of pyridine rings is 1. The van der Waals surface area contributed by atoms with Crippen LogP contribution in [0.1, 0.15) is 6.42 Å². The molecule has 0 amide bonds. The first-order chi connectivity index (χ1) is 11.1. The van der Waals surface area contributed by atoms with Crippen LogP contribution in [0.4, 0.5) is 10.1 Å². The van der Waals surface area contributed by atoms with Crippen molar-refractivity contribution in [3.8, 4) is 5.75 Å². The largest absolute Gasteiger partial charge is 0.494 e. The lowest BCUT2D eigenvalue weighted by molar-refractivity contribution is 0.301. The minimum absolute atomic E-state index is 0.186. The molecule has 118 valence electrons. The molecular weight excluding hydrogens is 295 g/mol. The molecule has 2 N–H and O–H groups in total. The van der Waals surface area contributed by atoms with Crippen molar-refractivity contribution in [3.05, 3.63) is 70.9 Å². The molecule has 0 aliphatic carbocycles. The Morgan fingerprint density at radius 2 is 1.87 bits per heavy atom. The Balaban J connectivity index is 1.64. The number of aryl methyl sites for hydroxylation is 1. The molecule has 0 radical (unpaired) electrons. The van der Waals surface area contributed by atoms with E-state index in [0.29, 0.717) is 30.6 Å². The van der Waals surface area contributed by atoms with Crippen LogP contribution in [0.2, 0.25) is 0 Å². The summed E-state index contributed by atoms with van der Waals surface area (Å²) in [6, 6.07) is 13.2. The van der Waals surface area contributed by atoms with Crippen LogP contribution in [0.3, 0.4) is 0 Å². The number of nitrogen functional groups attached to an aromatic ring is 1. The first-order valence-electron chi connectivity index (χ1n) is 7.40. The Hall–Kier alpha value is -2.82. The zero-order valence-corrected chi connectivity index (χ0v) is 12.5. The number of aromatic nitrogens is 1. The van der Waals surface area contributed by atoms with Gasteiger partial charge in [0.25, 0.3) is 5.56 Å². The van der Waals surface area contributed by atoms with Gasteiger partial charge in [-0.25, -0.2) is 4.39 Å². The molecule has 4 nitrogen and oxygen atoms in total. The van der Waals surface area contributed by atoms with E-state index in [-0.39, 0.29) is 5.56 Å². The molecule has 3 aromatic rings. The number of benzene rings is 2. The highest BCUT2D eigenvalue weighted by molar-refractivity contribution is 5.81. The Morgan fingerprint density at radius 3 is 2.65 bits per heavy atom. The molecule has 1 aromatic heterocycles. The van der Waals surface area contributed by atoms with E-state index in [2.05, 4.69) is 0 Å². The van der Waals surface area contributed by atoms with Crippen molar-refractivity contribution in [1.82, 2.24) is 4.57 Å². The molecule has 0 aliphatic rings. The summed E-state index contributed by atoms with van der Waals surface area (Å²) in [6.45, 7) is 0.998. The SMILES string of the molecule is Nc1ccc(OCCCn2ccc3ccc(F)cc3c2=O)cc1. The van der Waals surface area contributed by atoms with Gasteiger partial charge >= 0.3 is 0 Å². The number of rotatable bonds is 5. The fraction of sp³-hybridized carbons (Fsp3) is 0.167. The number of nitrogens with two attached hydrogens (primary N) is 1. The average molecular weight is 312 g/mol. The minimum atomic E-state index is -0.404. The van der Waals surface area contributed by atoms with Crippen LogP contribution in [0.25, 0.3) is 10.8 Å².